The van der Waals surface area contributed by atoms with Gasteiger partial charge in [0, 0.05) is 70.3 Å². The topological polar surface area (TPSA) is 26.8 Å². The molecule has 0 unspecified atom stereocenters. The molecule has 1 amide bonds. The second kappa shape index (κ2) is 14.2. The van der Waals surface area contributed by atoms with Crippen LogP contribution in [-0.4, -0.2) is 78.4 Å². The fraction of sp³-hybridized carbons (Fsp3) is 0.519. The van der Waals surface area contributed by atoms with Gasteiger partial charge >= 0.3 is 12.4 Å². The normalized spacial score (nSPS) is 19.9. The van der Waals surface area contributed by atoms with E-state index in [-0.39, 0.29) is 88.4 Å². The molecule has 16 heteroatoms. The van der Waals surface area contributed by atoms with Crippen molar-refractivity contribution in [3.8, 4) is 0 Å². The van der Waals surface area contributed by atoms with E-state index in [1.807, 2.05) is 9.80 Å². The van der Waals surface area contributed by atoms with Gasteiger partial charge in [-0.1, -0.05) is 6.07 Å². The molecule has 2 aromatic rings. The summed E-state index contributed by atoms with van der Waals surface area (Å²) < 4.78 is 135. The van der Waals surface area contributed by atoms with Crippen LogP contribution in [0.15, 0.2) is 36.4 Å². The number of amides is 1. The number of piperazine rings is 1. The van der Waals surface area contributed by atoms with Gasteiger partial charge in [-0.25, -0.2) is 17.6 Å². The van der Waals surface area contributed by atoms with Gasteiger partial charge in [-0.05, 0) is 42.3 Å². The van der Waals surface area contributed by atoms with Crippen LogP contribution in [0.4, 0.5) is 43.9 Å². The Hall–Kier alpha value is -2.29. The van der Waals surface area contributed by atoms with Gasteiger partial charge < -0.3 is 9.80 Å². The predicted octanol–water partition coefficient (Wildman–Crippen LogP) is 6.95. The second-order valence-corrected chi connectivity index (χ2v) is 10.4. The smallest absolute Gasteiger partial charge is 0.333 e. The fourth-order valence-corrected chi connectivity index (χ4v) is 5.13. The minimum absolute atomic E-state index is 0. The van der Waals surface area contributed by atoms with Crippen LogP contribution in [0.5, 0.6) is 0 Å². The van der Waals surface area contributed by atoms with Crippen molar-refractivity contribution in [3.05, 3.63) is 70.3 Å². The number of hydrogen-bond acceptors (Lipinski definition) is 3. The Labute approximate surface area is 253 Å². The minimum Gasteiger partial charge on any atom is -0.333 e. The van der Waals surface area contributed by atoms with Crippen LogP contribution in [0.3, 0.4) is 0 Å². The SMILES string of the molecule is Cl.Cl.O=C(c1cc(C(F)(F)F)cc(C(F)(F)F)c1)N1CCN(CCN2CCC(F)(F)CC2)C[C@H]1Cc1ccc(F)c(F)c1. The van der Waals surface area contributed by atoms with Crippen molar-refractivity contribution >= 4 is 30.7 Å². The maximum atomic E-state index is 13.9. The average Bonchev–Trinajstić information content (AvgIpc) is 2.88. The highest BCUT2D eigenvalue weighted by atomic mass is 35.5. The zero-order valence-electron chi connectivity index (χ0n) is 22.5. The van der Waals surface area contributed by atoms with Gasteiger partial charge in [0.05, 0.1) is 11.1 Å². The first kappa shape index (κ1) is 36.9. The van der Waals surface area contributed by atoms with Crippen LogP contribution < -0.4 is 0 Å². The minimum atomic E-state index is -5.14. The molecule has 0 bridgehead atoms. The number of rotatable bonds is 6. The van der Waals surface area contributed by atoms with Crippen molar-refractivity contribution < 1.29 is 48.7 Å². The molecule has 0 aromatic heterocycles. The highest BCUT2D eigenvalue weighted by Crippen LogP contribution is 2.37. The molecule has 2 saturated heterocycles. The van der Waals surface area contributed by atoms with Crippen molar-refractivity contribution in [1.29, 1.82) is 0 Å². The molecule has 2 aliphatic rings. The number of benzene rings is 2. The lowest BCUT2D eigenvalue weighted by molar-refractivity contribution is -0.143. The molecule has 4 rings (SSSR count). The van der Waals surface area contributed by atoms with Gasteiger partial charge in [0.25, 0.3) is 11.8 Å². The molecule has 43 heavy (non-hydrogen) atoms. The first-order valence-electron chi connectivity index (χ1n) is 12.9. The van der Waals surface area contributed by atoms with Gasteiger partial charge in [0.2, 0.25) is 0 Å². The highest BCUT2D eigenvalue weighted by molar-refractivity contribution is 5.95. The summed E-state index contributed by atoms with van der Waals surface area (Å²) in [5.74, 6) is -6.04. The molecule has 2 heterocycles. The van der Waals surface area contributed by atoms with Crippen molar-refractivity contribution in [3.63, 3.8) is 0 Å². The Bertz CT molecular complexity index is 1220. The molecule has 1 atom stereocenters. The fourth-order valence-electron chi connectivity index (χ4n) is 5.13. The standard InChI is InChI=1S/C27H27F10N3O.2ClH/c28-22-2-1-17(12-23(22)29)11-21-16-39(8-7-38-5-3-25(30,31)4-6-38)9-10-40(21)24(41)18-13-19(26(32,33)34)15-20(14-18)27(35,36)37;;/h1-2,12-15,21H,3-11,16H2;2*1H/t21-;;/m1../s1. The summed E-state index contributed by atoms with van der Waals surface area (Å²) in [4.78, 5) is 18.3. The summed E-state index contributed by atoms with van der Waals surface area (Å²) in [6.45, 7) is 1.51. The van der Waals surface area contributed by atoms with Crippen LogP contribution in [0, 0.1) is 11.6 Å². The molecule has 0 spiro atoms. The van der Waals surface area contributed by atoms with E-state index in [0.29, 0.717) is 25.2 Å². The van der Waals surface area contributed by atoms with Gasteiger partial charge in [-0.15, -0.1) is 24.8 Å². The molecule has 2 aliphatic heterocycles. The molecular weight excluding hydrogens is 643 g/mol. The van der Waals surface area contributed by atoms with E-state index >= 15 is 0 Å². The molecule has 0 radical (unpaired) electrons. The largest absolute Gasteiger partial charge is 0.416 e. The molecule has 0 saturated carbocycles. The lowest BCUT2D eigenvalue weighted by Gasteiger charge is -2.42. The number of piperidine rings is 1. The molecule has 2 aromatic carbocycles. The first-order valence-corrected chi connectivity index (χ1v) is 12.9. The number of halogens is 12. The van der Waals surface area contributed by atoms with Gasteiger partial charge in [0.15, 0.2) is 11.6 Å². The van der Waals surface area contributed by atoms with Gasteiger partial charge in [0.1, 0.15) is 0 Å². The number of hydrogen-bond donors (Lipinski definition) is 0. The van der Waals surface area contributed by atoms with E-state index in [9.17, 15) is 48.7 Å². The Morgan fingerprint density at radius 3 is 1.86 bits per heavy atom. The molecular formula is C27H29Cl2F10N3O. The number of carbonyl (C=O) groups excluding carboxylic acids is 1. The van der Waals surface area contributed by atoms with E-state index in [2.05, 4.69) is 0 Å². The number of carbonyl (C=O) groups is 1. The van der Waals surface area contributed by atoms with Crippen molar-refractivity contribution in [1.82, 2.24) is 14.7 Å². The van der Waals surface area contributed by atoms with Crippen LogP contribution in [0.25, 0.3) is 0 Å². The maximum Gasteiger partial charge on any atom is 0.416 e. The monoisotopic (exact) mass is 671 g/mol. The van der Waals surface area contributed by atoms with E-state index in [1.54, 1.807) is 0 Å². The van der Waals surface area contributed by atoms with Crippen molar-refractivity contribution in [2.45, 2.75) is 43.6 Å². The zero-order chi connectivity index (χ0) is 30.2. The summed E-state index contributed by atoms with van der Waals surface area (Å²) in [6, 6.07) is 2.93. The Kier molecular flexibility index (Phi) is 12.2. The number of likely N-dealkylation sites (tertiary alicyclic amines) is 1. The second-order valence-electron chi connectivity index (χ2n) is 10.4. The van der Waals surface area contributed by atoms with Gasteiger partial charge in [-0.3, -0.25) is 9.69 Å². The first-order chi connectivity index (χ1) is 19.0. The number of alkyl halides is 8. The lowest BCUT2D eigenvalue weighted by Crippen LogP contribution is -2.57. The van der Waals surface area contributed by atoms with Gasteiger partial charge in [-0.2, -0.15) is 26.3 Å². The van der Waals surface area contributed by atoms with Crippen LogP contribution in [0.2, 0.25) is 0 Å². The van der Waals surface area contributed by atoms with E-state index in [1.165, 1.54) is 6.07 Å². The third-order valence-corrected chi connectivity index (χ3v) is 7.44. The summed E-state index contributed by atoms with van der Waals surface area (Å²) in [5, 5.41) is 0. The molecule has 0 aliphatic carbocycles. The van der Waals surface area contributed by atoms with Crippen LogP contribution in [-0.2, 0) is 18.8 Å². The average molecular weight is 672 g/mol. The predicted molar refractivity (Wildman–Crippen MR) is 143 cm³/mol. The summed E-state index contributed by atoms with van der Waals surface area (Å²) in [7, 11) is 0. The Morgan fingerprint density at radius 2 is 1.33 bits per heavy atom. The van der Waals surface area contributed by atoms with Crippen molar-refractivity contribution in [2.24, 2.45) is 0 Å². The molecule has 2 fully saturated rings. The summed E-state index contributed by atoms with van der Waals surface area (Å²) >= 11 is 0. The summed E-state index contributed by atoms with van der Waals surface area (Å²) in [6.07, 6.45) is -10.9. The highest BCUT2D eigenvalue weighted by Gasteiger charge is 2.39. The Morgan fingerprint density at radius 1 is 0.767 bits per heavy atom. The number of nitrogens with zero attached hydrogens (tertiary/aromatic N) is 3. The van der Waals surface area contributed by atoms with E-state index in [0.717, 1.165) is 17.0 Å². The maximum absolute atomic E-state index is 13.9. The third kappa shape index (κ3) is 9.60. The quantitative estimate of drug-likeness (QED) is 0.311. The zero-order valence-corrected chi connectivity index (χ0v) is 24.1. The van der Waals surface area contributed by atoms with E-state index < -0.39 is 58.5 Å². The van der Waals surface area contributed by atoms with Crippen LogP contribution in [0.1, 0.15) is 39.9 Å². The van der Waals surface area contributed by atoms with Crippen LogP contribution >= 0.6 is 24.8 Å². The van der Waals surface area contributed by atoms with E-state index in [4.69, 9.17) is 0 Å². The lowest BCUT2D eigenvalue weighted by atomic mass is 9.99. The molecule has 242 valence electrons. The Balaban J connectivity index is 0.00000323. The van der Waals surface area contributed by atoms with Crippen molar-refractivity contribution in [2.75, 3.05) is 45.8 Å². The molecule has 4 nitrogen and oxygen atoms in total. The third-order valence-electron chi connectivity index (χ3n) is 7.44. The molecule has 0 N–H and O–H groups in total. The summed E-state index contributed by atoms with van der Waals surface area (Å²) in [5.41, 5.74) is -3.78.